The maximum Gasteiger partial charge on any atom is 0.268 e. The number of amides is 2. The Kier molecular flexibility index (Phi) is 6.85. The molecule has 0 radical (unpaired) electrons. The highest BCUT2D eigenvalue weighted by Crippen LogP contribution is 2.19. The zero-order chi connectivity index (χ0) is 19.1. The maximum absolute atomic E-state index is 12.2. The number of carbonyl (C=O) groups is 2. The van der Waals surface area contributed by atoms with Gasteiger partial charge in [-0.3, -0.25) is 14.8 Å². The molecule has 0 bridgehead atoms. The summed E-state index contributed by atoms with van der Waals surface area (Å²) in [4.78, 5) is 23.6. The number of hydroxylamine groups is 1. The van der Waals surface area contributed by atoms with Gasteiger partial charge in [0, 0.05) is 0 Å². The molecule has 2 aromatic rings. The lowest BCUT2D eigenvalue weighted by Gasteiger charge is -2.21. The number of aliphatic hydroxyl groups excluding tert-OH is 1. The van der Waals surface area contributed by atoms with E-state index in [4.69, 9.17) is 10.9 Å². The Hall–Kier alpha value is -2.74. The van der Waals surface area contributed by atoms with Crippen molar-refractivity contribution in [3.05, 3.63) is 60.2 Å². The number of hydrogen-bond acceptors (Lipinski definition) is 5. The summed E-state index contributed by atoms with van der Waals surface area (Å²) in [6.07, 6.45) is -0.905. The van der Waals surface area contributed by atoms with Gasteiger partial charge in [0.25, 0.3) is 5.91 Å². The van der Waals surface area contributed by atoms with Crippen LogP contribution in [0.25, 0.3) is 11.1 Å². The van der Waals surface area contributed by atoms with E-state index in [9.17, 15) is 14.7 Å². The number of nitrogens with two attached hydrogens (primary N) is 1. The first-order valence-corrected chi connectivity index (χ1v) is 8.24. The van der Waals surface area contributed by atoms with Crippen LogP contribution in [-0.2, 0) is 16.0 Å². The van der Waals surface area contributed by atoms with Gasteiger partial charge in [0.15, 0.2) is 0 Å². The summed E-state index contributed by atoms with van der Waals surface area (Å²) in [5.41, 5.74) is 10.3. The first-order chi connectivity index (χ1) is 12.4. The van der Waals surface area contributed by atoms with Crippen LogP contribution in [0.3, 0.4) is 0 Å². The second-order valence-electron chi connectivity index (χ2n) is 6.08. The molecule has 0 heterocycles. The Morgan fingerprint density at radius 2 is 1.58 bits per heavy atom. The van der Waals surface area contributed by atoms with Crippen molar-refractivity contribution in [2.75, 3.05) is 0 Å². The van der Waals surface area contributed by atoms with Crippen molar-refractivity contribution in [2.45, 2.75) is 31.5 Å². The van der Waals surface area contributed by atoms with Crippen molar-refractivity contribution < 1.29 is 19.9 Å². The van der Waals surface area contributed by atoms with Crippen molar-refractivity contribution in [3.8, 4) is 11.1 Å². The Balaban J connectivity index is 1.99. The molecular formula is C19H23N3O4. The van der Waals surface area contributed by atoms with E-state index in [0.717, 1.165) is 16.7 Å². The lowest BCUT2D eigenvalue weighted by atomic mass is 10.0. The number of aliphatic hydroxyl groups is 1. The molecule has 0 saturated heterocycles. The van der Waals surface area contributed by atoms with E-state index in [-0.39, 0.29) is 6.42 Å². The molecule has 138 valence electrons. The molecule has 0 saturated carbocycles. The summed E-state index contributed by atoms with van der Waals surface area (Å²) in [6, 6.07) is 15.4. The standard InChI is InChI=1S/C19H23N3O4/c1-12(23)17(19(25)22-26)21-18(24)16(20)11-13-7-9-15(10-8-13)14-5-3-2-4-6-14/h2-10,12,16-17,23,26H,11,20H2,1H3,(H,21,24)(H,22,25)/t12-,16-,17+/m1/s1. The predicted molar refractivity (Wildman–Crippen MR) is 97.1 cm³/mol. The number of carbonyl (C=O) groups excluding carboxylic acids is 2. The summed E-state index contributed by atoms with van der Waals surface area (Å²) in [6.45, 7) is 1.33. The second kappa shape index (κ2) is 9.10. The van der Waals surface area contributed by atoms with Gasteiger partial charge < -0.3 is 16.2 Å². The van der Waals surface area contributed by atoms with Crippen LogP contribution in [0.2, 0.25) is 0 Å². The molecule has 0 fully saturated rings. The van der Waals surface area contributed by atoms with Crippen LogP contribution in [0.4, 0.5) is 0 Å². The van der Waals surface area contributed by atoms with Gasteiger partial charge in [-0.2, -0.15) is 0 Å². The summed E-state index contributed by atoms with van der Waals surface area (Å²) < 4.78 is 0. The molecule has 0 aliphatic rings. The molecule has 0 aromatic heterocycles. The molecule has 2 amide bonds. The fourth-order valence-electron chi connectivity index (χ4n) is 2.55. The average Bonchev–Trinajstić information content (AvgIpc) is 2.66. The molecule has 2 rings (SSSR count). The third kappa shape index (κ3) is 5.13. The van der Waals surface area contributed by atoms with Crippen molar-refractivity contribution in [1.82, 2.24) is 10.8 Å². The largest absolute Gasteiger partial charge is 0.391 e. The number of benzene rings is 2. The molecule has 7 heteroatoms. The molecule has 26 heavy (non-hydrogen) atoms. The maximum atomic E-state index is 12.2. The lowest BCUT2D eigenvalue weighted by molar-refractivity contribution is -0.137. The summed E-state index contributed by atoms with van der Waals surface area (Å²) >= 11 is 0. The van der Waals surface area contributed by atoms with Gasteiger partial charge in [0.05, 0.1) is 12.1 Å². The second-order valence-corrected chi connectivity index (χ2v) is 6.08. The number of rotatable bonds is 7. The highest BCUT2D eigenvalue weighted by Gasteiger charge is 2.27. The van der Waals surface area contributed by atoms with Gasteiger partial charge in [-0.25, -0.2) is 5.48 Å². The molecule has 0 aliphatic heterocycles. The molecular weight excluding hydrogens is 334 g/mol. The summed E-state index contributed by atoms with van der Waals surface area (Å²) in [5.74, 6) is -1.50. The van der Waals surface area contributed by atoms with E-state index in [1.807, 2.05) is 54.6 Å². The molecule has 6 N–H and O–H groups in total. The molecule has 7 nitrogen and oxygen atoms in total. The summed E-state index contributed by atoms with van der Waals surface area (Å²) in [7, 11) is 0. The third-order valence-corrected chi connectivity index (χ3v) is 4.03. The van der Waals surface area contributed by atoms with Crippen LogP contribution in [0.15, 0.2) is 54.6 Å². The predicted octanol–water partition coefficient (Wildman–Crippen LogP) is 0.594. The smallest absolute Gasteiger partial charge is 0.268 e. The minimum absolute atomic E-state index is 0.272. The minimum atomic E-state index is -1.28. The average molecular weight is 357 g/mol. The first-order valence-electron chi connectivity index (χ1n) is 8.24. The van der Waals surface area contributed by atoms with Crippen LogP contribution >= 0.6 is 0 Å². The van der Waals surface area contributed by atoms with Gasteiger partial charge >= 0.3 is 0 Å². The topological polar surface area (TPSA) is 125 Å². The lowest BCUT2D eigenvalue weighted by Crippen LogP contribution is -2.55. The Bertz CT molecular complexity index is 732. The van der Waals surface area contributed by atoms with E-state index in [2.05, 4.69) is 5.32 Å². The van der Waals surface area contributed by atoms with Gasteiger partial charge in [-0.1, -0.05) is 54.6 Å². The molecule has 3 atom stereocenters. The van der Waals surface area contributed by atoms with Gasteiger partial charge in [-0.15, -0.1) is 0 Å². The van der Waals surface area contributed by atoms with E-state index in [1.54, 1.807) is 0 Å². The number of hydrogen-bond donors (Lipinski definition) is 5. The van der Waals surface area contributed by atoms with Crippen molar-refractivity contribution >= 4 is 11.8 Å². The Morgan fingerprint density at radius 3 is 2.12 bits per heavy atom. The monoisotopic (exact) mass is 357 g/mol. The molecule has 0 unspecified atom stereocenters. The van der Waals surface area contributed by atoms with Crippen LogP contribution in [0.5, 0.6) is 0 Å². The van der Waals surface area contributed by atoms with Crippen molar-refractivity contribution in [1.29, 1.82) is 0 Å². The third-order valence-electron chi connectivity index (χ3n) is 4.03. The van der Waals surface area contributed by atoms with E-state index in [0.29, 0.717) is 0 Å². The Labute approximate surface area is 151 Å². The summed E-state index contributed by atoms with van der Waals surface area (Å²) in [5, 5.41) is 20.6. The number of nitrogens with one attached hydrogen (secondary N) is 2. The van der Waals surface area contributed by atoms with Gasteiger partial charge in [0.1, 0.15) is 6.04 Å². The normalized spacial score (nSPS) is 14.2. The first kappa shape index (κ1) is 19.6. The van der Waals surface area contributed by atoms with Crippen LogP contribution < -0.4 is 16.5 Å². The van der Waals surface area contributed by atoms with Crippen LogP contribution in [0.1, 0.15) is 12.5 Å². The molecule has 0 aliphatic carbocycles. The Morgan fingerprint density at radius 1 is 1.00 bits per heavy atom. The highest BCUT2D eigenvalue weighted by atomic mass is 16.5. The van der Waals surface area contributed by atoms with Gasteiger partial charge in [0.2, 0.25) is 5.91 Å². The quantitative estimate of drug-likeness (QED) is 0.366. The zero-order valence-corrected chi connectivity index (χ0v) is 14.4. The van der Waals surface area contributed by atoms with E-state index in [1.165, 1.54) is 12.4 Å². The van der Waals surface area contributed by atoms with E-state index < -0.39 is 30.0 Å². The van der Waals surface area contributed by atoms with Crippen molar-refractivity contribution in [2.24, 2.45) is 5.73 Å². The fraction of sp³-hybridized carbons (Fsp3) is 0.263. The molecule has 2 aromatic carbocycles. The molecule has 0 spiro atoms. The minimum Gasteiger partial charge on any atom is -0.391 e. The fourth-order valence-corrected chi connectivity index (χ4v) is 2.55. The van der Waals surface area contributed by atoms with Crippen LogP contribution in [0, 0.1) is 0 Å². The van der Waals surface area contributed by atoms with Gasteiger partial charge in [-0.05, 0) is 30.0 Å². The SMILES string of the molecule is C[C@@H](O)[C@H](NC(=O)[C@H](N)Cc1ccc(-c2ccccc2)cc1)C(=O)NO. The zero-order valence-electron chi connectivity index (χ0n) is 14.4. The van der Waals surface area contributed by atoms with E-state index >= 15 is 0 Å². The highest BCUT2D eigenvalue weighted by molar-refractivity contribution is 5.89. The van der Waals surface area contributed by atoms with Crippen molar-refractivity contribution in [3.63, 3.8) is 0 Å². The van der Waals surface area contributed by atoms with Crippen LogP contribution in [-0.4, -0.2) is 40.3 Å².